The maximum absolute atomic E-state index is 12.6. The lowest BCUT2D eigenvalue weighted by Gasteiger charge is -2.12. The molecular formula is C20H20N2O6. The van der Waals surface area contributed by atoms with Gasteiger partial charge in [0, 0.05) is 17.9 Å². The first-order valence-corrected chi connectivity index (χ1v) is 8.73. The fourth-order valence-corrected chi connectivity index (χ4v) is 2.88. The molecule has 8 heteroatoms. The number of carbonyl (C=O) groups excluding carboxylic acids is 2. The van der Waals surface area contributed by atoms with Gasteiger partial charge in [0.05, 0.1) is 18.4 Å². The molecular weight excluding hydrogens is 364 g/mol. The van der Waals surface area contributed by atoms with Gasteiger partial charge in [-0.25, -0.2) is 4.79 Å². The maximum Gasteiger partial charge on any atom is 0.337 e. The largest absolute Gasteiger partial charge is 0.497 e. The first kappa shape index (κ1) is 19.4. The summed E-state index contributed by atoms with van der Waals surface area (Å²) in [4.78, 5) is 36.2. The predicted molar refractivity (Wildman–Crippen MR) is 102 cm³/mol. The van der Waals surface area contributed by atoms with Gasteiger partial charge in [-0.15, -0.1) is 0 Å². The van der Waals surface area contributed by atoms with E-state index in [0.717, 1.165) is 6.42 Å². The highest BCUT2D eigenvalue weighted by Crippen LogP contribution is 2.23. The molecule has 0 spiro atoms. The number of carboxylic acid groups (broad SMARTS) is 1. The lowest BCUT2D eigenvalue weighted by atomic mass is 10.1. The number of ether oxygens (including phenoxy) is 2. The van der Waals surface area contributed by atoms with Crippen LogP contribution in [-0.2, 0) is 9.53 Å². The highest BCUT2D eigenvalue weighted by molar-refractivity contribution is 6.08. The van der Waals surface area contributed by atoms with Gasteiger partial charge in [-0.1, -0.05) is 6.07 Å². The average Bonchev–Trinajstić information content (AvgIpc) is 3.23. The Bertz CT molecular complexity index is 905. The van der Waals surface area contributed by atoms with Gasteiger partial charge >= 0.3 is 5.97 Å². The first-order valence-electron chi connectivity index (χ1n) is 8.73. The third-order valence-electron chi connectivity index (χ3n) is 4.32. The smallest absolute Gasteiger partial charge is 0.337 e. The second-order valence-electron chi connectivity index (χ2n) is 6.24. The zero-order chi connectivity index (χ0) is 20.1. The zero-order valence-electron chi connectivity index (χ0n) is 15.2. The van der Waals surface area contributed by atoms with Gasteiger partial charge in [-0.2, -0.15) is 0 Å². The van der Waals surface area contributed by atoms with Crippen LogP contribution in [0, 0.1) is 0 Å². The monoisotopic (exact) mass is 384 g/mol. The lowest BCUT2D eigenvalue weighted by Crippen LogP contribution is -2.27. The Morgan fingerprint density at radius 2 is 1.96 bits per heavy atom. The molecule has 1 atom stereocenters. The van der Waals surface area contributed by atoms with Crippen LogP contribution in [0.25, 0.3) is 0 Å². The summed E-state index contributed by atoms with van der Waals surface area (Å²) in [5.74, 6) is -1.57. The number of anilines is 2. The van der Waals surface area contributed by atoms with Crippen LogP contribution in [0.3, 0.4) is 0 Å². The highest BCUT2D eigenvalue weighted by atomic mass is 16.5. The van der Waals surface area contributed by atoms with E-state index in [0.29, 0.717) is 24.5 Å². The van der Waals surface area contributed by atoms with Crippen LogP contribution in [0.4, 0.5) is 11.4 Å². The van der Waals surface area contributed by atoms with Crippen LogP contribution in [0.1, 0.15) is 33.6 Å². The third kappa shape index (κ3) is 4.47. The fraction of sp³-hybridized carbons (Fsp3) is 0.250. The van der Waals surface area contributed by atoms with Crippen molar-refractivity contribution in [3.05, 3.63) is 53.6 Å². The van der Waals surface area contributed by atoms with Crippen LogP contribution < -0.4 is 15.4 Å². The van der Waals surface area contributed by atoms with E-state index < -0.39 is 18.0 Å². The molecule has 0 radical (unpaired) electrons. The molecule has 3 N–H and O–H groups in total. The molecule has 1 heterocycles. The predicted octanol–water partition coefficient (Wildman–Crippen LogP) is 2.76. The summed E-state index contributed by atoms with van der Waals surface area (Å²) < 4.78 is 10.4. The molecule has 0 bridgehead atoms. The second-order valence-corrected chi connectivity index (χ2v) is 6.24. The molecule has 28 heavy (non-hydrogen) atoms. The normalized spacial score (nSPS) is 15.7. The molecule has 1 unspecified atom stereocenters. The number of carboxylic acids is 1. The quantitative estimate of drug-likeness (QED) is 0.706. The highest BCUT2D eigenvalue weighted by Gasteiger charge is 2.23. The van der Waals surface area contributed by atoms with Gasteiger partial charge in [0.2, 0.25) is 0 Å². The summed E-state index contributed by atoms with van der Waals surface area (Å²) in [6.07, 6.45) is 1.03. The summed E-state index contributed by atoms with van der Waals surface area (Å²) >= 11 is 0. The van der Waals surface area contributed by atoms with Gasteiger partial charge in [0.15, 0.2) is 0 Å². The van der Waals surface area contributed by atoms with E-state index >= 15 is 0 Å². The molecule has 1 saturated heterocycles. The van der Waals surface area contributed by atoms with Crippen LogP contribution >= 0.6 is 0 Å². The maximum atomic E-state index is 12.6. The minimum atomic E-state index is -1.19. The van der Waals surface area contributed by atoms with Crippen molar-refractivity contribution in [3.8, 4) is 5.75 Å². The van der Waals surface area contributed by atoms with Crippen LogP contribution in [0.2, 0.25) is 0 Å². The molecule has 2 aromatic rings. The topological polar surface area (TPSA) is 114 Å². The number of aromatic carboxylic acids is 1. The molecule has 3 rings (SSSR count). The van der Waals surface area contributed by atoms with E-state index in [1.165, 1.54) is 25.3 Å². The molecule has 2 amide bonds. The van der Waals surface area contributed by atoms with E-state index in [-0.39, 0.29) is 22.7 Å². The van der Waals surface area contributed by atoms with Crippen LogP contribution in [0.15, 0.2) is 42.5 Å². The second kappa shape index (κ2) is 8.53. The lowest BCUT2D eigenvalue weighted by molar-refractivity contribution is -0.124. The third-order valence-corrected chi connectivity index (χ3v) is 4.32. The van der Waals surface area contributed by atoms with E-state index in [2.05, 4.69) is 10.6 Å². The molecule has 0 aromatic heterocycles. The Morgan fingerprint density at radius 3 is 2.64 bits per heavy atom. The molecule has 2 aromatic carbocycles. The molecule has 1 aliphatic heterocycles. The van der Waals surface area contributed by atoms with Crippen molar-refractivity contribution in [2.45, 2.75) is 18.9 Å². The Hall–Kier alpha value is -3.39. The average molecular weight is 384 g/mol. The van der Waals surface area contributed by atoms with E-state index in [9.17, 15) is 19.5 Å². The van der Waals surface area contributed by atoms with Gasteiger partial charge in [0.25, 0.3) is 11.8 Å². The molecule has 1 aliphatic rings. The summed E-state index contributed by atoms with van der Waals surface area (Å²) in [7, 11) is 1.43. The number of benzene rings is 2. The molecule has 8 nitrogen and oxygen atoms in total. The Labute approximate surface area is 161 Å². The number of amides is 2. The number of rotatable bonds is 6. The first-order chi connectivity index (χ1) is 13.5. The van der Waals surface area contributed by atoms with Crippen molar-refractivity contribution in [2.24, 2.45) is 0 Å². The van der Waals surface area contributed by atoms with E-state index in [1.54, 1.807) is 24.3 Å². The van der Waals surface area contributed by atoms with Crippen molar-refractivity contribution in [1.29, 1.82) is 0 Å². The van der Waals surface area contributed by atoms with Crippen LogP contribution in [0.5, 0.6) is 5.75 Å². The van der Waals surface area contributed by atoms with Crippen molar-refractivity contribution in [2.75, 3.05) is 24.4 Å². The number of methoxy groups -OCH3 is 1. The standard InChI is InChI=1S/C20H20N2O6/c1-27-14-7-8-16(15(11-14)20(25)26)22-18(23)12-4-2-5-13(10-12)21-19(24)17-6-3-9-28-17/h2,4-5,7-8,10-11,17H,3,6,9H2,1H3,(H,21,24)(H,22,23)(H,25,26). The number of carbonyl (C=O) groups is 3. The van der Waals surface area contributed by atoms with Crippen molar-refractivity contribution in [1.82, 2.24) is 0 Å². The number of hydrogen-bond donors (Lipinski definition) is 3. The van der Waals surface area contributed by atoms with Gasteiger partial charge in [-0.05, 0) is 49.2 Å². The molecule has 146 valence electrons. The molecule has 0 aliphatic carbocycles. The summed E-state index contributed by atoms with van der Waals surface area (Å²) in [6.45, 7) is 0.564. The minimum Gasteiger partial charge on any atom is -0.497 e. The van der Waals surface area contributed by atoms with Crippen molar-refractivity contribution in [3.63, 3.8) is 0 Å². The van der Waals surface area contributed by atoms with Crippen molar-refractivity contribution < 1.29 is 29.0 Å². The summed E-state index contributed by atoms with van der Waals surface area (Å²) in [5, 5.41) is 14.7. The molecule has 0 saturated carbocycles. The van der Waals surface area contributed by atoms with Gasteiger partial charge < -0.3 is 25.2 Å². The summed E-state index contributed by atoms with van der Waals surface area (Å²) in [6, 6.07) is 10.7. The molecule has 1 fully saturated rings. The van der Waals surface area contributed by atoms with Crippen molar-refractivity contribution >= 4 is 29.2 Å². The SMILES string of the molecule is COc1ccc(NC(=O)c2cccc(NC(=O)C3CCCO3)c2)c(C(=O)O)c1. The van der Waals surface area contributed by atoms with E-state index in [4.69, 9.17) is 9.47 Å². The Kier molecular flexibility index (Phi) is 5.90. The van der Waals surface area contributed by atoms with Crippen LogP contribution in [-0.4, -0.2) is 42.7 Å². The Balaban J connectivity index is 1.74. The number of nitrogens with one attached hydrogen (secondary N) is 2. The summed E-state index contributed by atoms with van der Waals surface area (Å²) in [5.41, 5.74) is 0.793. The van der Waals surface area contributed by atoms with Gasteiger partial charge in [-0.3, -0.25) is 9.59 Å². The Morgan fingerprint density at radius 1 is 1.14 bits per heavy atom. The van der Waals surface area contributed by atoms with E-state index in [1.807, 2.05) is 0 Å². The minimum absolute atomic E-state index is 0.0875. The fourth-order valence-electron chi connectivity index (χ4n) is 2.88. The van der Waals surface area contributed by atoms with Gasteiger partial charge in [0.1, 0.15) is 11.9 Å². The zero-order valence-corrected chi connectivity index (χ0v) is 15.2. The number of hydrogen-bond acceptors (Lipinski definition) is 5.